The molecule has 3 aromatic rings. The maximum absolute atomic E-state index is 13.5. The Bertz CT molecular complexity index is 1310. The predicted octanol–water partition coefficient (Wildman–Crippen LogP) is 2.56. The second-order valence-electron chi connectivity index (χ2n) is 7.74. The Labute approximate surface area is 197 Å². The van der Waals surface area contributed by atoms with Crippen molar-refractivity contribution in [3.8, 4) is 0 Å². The summed E-state index contributed by atoms with van der Waals surface area (Å²) in [6.07, 6.45) is 2.79. The Hall–Kier alpha value is -3.89. The van der Waals surface area contributed by atoms with Crippen LogP contribution in [-0.4, -0.2) is 41.5 Å². The minimum atomic E-state index is -4.11. The number of nitrogens with zero attached hydrogens (tertiary/aromatic N) is 3. The zero-order valence-electron chi connectivity index (χ0n) is 18.3. The number of pyridine rings is 1. The molecule has 2 aromatic carbocycles. The van der Waals surface area contributed by atoms with Crippen LogP contribution in [0.3, 0.4) is 0 Å². The second-order valence-corrected chi connectivity index (χ2v) is 9.63. The molecular formula is C24H22N4O5S. The minimum Gasteiger partial charge on any atom is -0.326 e. The summed E-state index contributed by atoms with van der Waals surface area (Å²) in [6.45, 7) is 1.25. The fraction of sp³-hybridized carbons (Fsp3) is 0.167. The third kappa shape index (κ3) is 4.73. The summed E-state index contributed by atoms with van der Waals surface area (Å²) < 4.78 is 28.2. The number of hydrogen-bond acceptors (Lipinski definition) is 6. The molecule has 1 atom stereocenters. The topological polar surface area (TPSA) is 117 Å². The Balaban J connectivity index is 1.68. The van der Waals surface area contributed by atoms with Crippen LogP contribution in [0.5, 0.6) is 0 Å². The molecule has 1 fully saturated rings. The minimum absolute atomic E-state index is 0.0252. The molecule has 9 nitrogen and oxygen atoms in total. The van der Waals surface area contributed by atoms with Crippen molar-refractivity contribution in [3.05, 3.63) is 84.7 Å². The van der Waals surface area contributed by atoms with Gasteiger partial charge < -0.3 is 5.32 Å². The number of imide groups is 1. The van der Waals surface area contributed by atoms with Gasteiger partial charge in [-0.15, -0.1) is 0 Å². The third-order valence-corrected chi connectivity index (χ3v) is 7.20. The Kier molecular flexibility index (Phi) is 6.53. The lowest BCUT2D eigenvalue weighted by Crippen LogP contribution is -2.45. The highest BCUT2D eigenvalue weighted by Crippen LogP contribution is 2.31. The average Bonchev–Trinajstić information content (AvgIpc) is 3.12. The number of nitrogens with one attached hydrogen (secondary N) is 1. The number of sulfonamides is 1. The van der Waals surface area contributed by atoms with Gasteiger partial charge in [0.1, 0.15) is 6.04 Å². The van der Waals surface area contributed by atoms with E-state index in [1.165, 1.54) is 37.4 Å². The Morgan fingerprint density at radius 1 is 1.06 bits per heavy atom. The molecule has 0 radical (unpaired) electrons. The number of carbonyl (C=O) groups excluding carboxylic acids is 3. The standard InChI is InChI=1S/C24H22N4O5S/c1-17(29)26-19-9-11-20(12-10-19)28-23(30)14-22(24(28)31)27(16-18-6-5-13-25-15-18)34(32,33)21-7-3-2-4-8-21/h2-13,15,22H,14,16H2,1H3,(H,26,29). The largest absolute Gasteiger partial charge is 0.326 e. The van der Waals surface area contributed by atoms with E-state index < -0.39 is 27.9 Å². The maximum Gasteiger partial charge on any atom is 0.252 e. The summed E-state index contributed by atoms with van der Waals surface area (Å²) in [5.41, 5.74) is 1.39. The smallest absolute Gasteiger partial charge is 0.252 e. The number of rotatable bonds is 7. The van der Waals surface area contributed by atoms with Crippen molar-refractivity contribution in [1.29, 1.82) is 0 Å². The number of hydrogen-bond donors (Lipinski definition) is 1. The van der Waals surface area contributed by atoms with Gasteiger partial charge in [0, 0.05) is 31.5 Å². The Morgan fingerprint density at radius 2 is 1.76 bits per heavy atom. The van der Waals surface area contributed by atoms with Crippen LogP contribution in [0.15, 0.2) is 84.0 Å². The van der Waals surface area contributed by atoms with Crippen LogP contribution in [0.1, 0.15) is 18.9 Å². The molecular weight excluding hydrogens is 456 g/mol. The number of anilines is 2. The van der Waals surface area contributed by atoms with Gasteiger partial charge >= 0.3 is 0 Å². The van der Waals surface area contributed by atoms with Crippen molar-refractivity contribution >= 4 is 39.1 Å². The van der Waals surface area contributed by atoms with E-state index in [0.29, 0.717) is 16.9 Å². The molecule has 10 heteroatoms. The van der Waals surface area contributed by atoms with Crippen molar-refractivity contribution in [2.75, 3.05) is 10.2 Å². The number of amides is 3. The van der Waals surface area contributed by atoms with Gasteiger partial charge in [0.2, 0.25) is 21.8 Å². The van der Waals surface area contributed by atoms with E-state index in [9.17, 15) is 22.8 Å². The number of aromatic nitrogens is 1. The van der Waals surface area contributed by atoms with Crippen LogP contribution in [0.25, 0.3) is 0 Å². The van der Waals surface area contributed by atoms with E-state index in [1.54, 1.807) is 48.7 Å². The van der Waals surface area contributed by atoms with Crippen LogP contribution in [0.2, 0.25) is 0 Å². The summed E-state index contributed by atoms with van der Waals surface area (Å²) in [4.78, 5) is 42.6. The molecule has 0 bridgehead atoms. The van der Waals surface area contributed by atoms with Crippen molar-refractivity contribution in [3.63, 3.8) is 0 Å². The lowest BCUT2D eigenvalue weighted by Gasteiger charge is -2.27. The molecule has 1 unspecified atom stereocenters. The van der Waals surface area contributed by atoms with Gasteiger partial charge in [0.15, 0.2) is 0 Å². The van der Waals surface area contributed by atoms with Crippen LogP contribution in [0.4, 0.5) is 11.4 Å². The van der Waals surface area contributed by atoms with Crippen molar-refractivity contribution in [2.24, 2.45) is 0 Å². The van der Waals surface area contributed by atoms with Gasteiger partial charge in [0.25, 0.3) is 5.91 Å². The van der Waals surface area contributed by atoms with Gasteiger partial charge in [-0.3, -0.25) is 19.4 Å². The van der Waals surface area contributed by atoms with E-state index in [0.717, 1.165) is 9.21 Å². The fourth-order valence-corrected chi connectivity index (χ4v) is 5.36. The normalized spacial score (nSPS) is 16.2. The molecule has 34 heavy (non-hydrogen) atoms. The van der Waals surface area contributed by atoms with E-state index in [2.05, 4.69) is 10.3 Å². The van der Waals surface area contributed by atoms with Crippen LogP contribution in [0, 0.1) is 0 Å². The molecule has 4 rings (SSSR count). The molecule has 1 saturated heterocycles. The molecule has 2 heterocycles. The first-order chi connectivity index (χ1) is 16.3. The van der Waals surface area contributed by atoms with Gasteiger partial charge in [-0.2, -0.15) is 4.31 Å². The predicted molar refractivity (Wildman–Crippen MR) is 125 cm³/mol. The van der Waals surface area contributed by atoms with Gasteiger partial charge in [-0.25, -0.2) is 13.3 Å². The van der Waals surface area contributed by atoms with Crippen LogP contribution in [-0.2, 0) is 31.0 Å². The first kappa shape index (κ1) is 23.3. The lowest BCUT2D eigenvalue weighted by atomic mass is 10.2. The van der Waals surface area contributed by atoms with Gasteiger partial charge in [-0.05, 0) is 48.0 Å². The molecule has 3 amide bonds. The van der Waals surface area contributed by atoms with E-state index in [1.807, 2.05) is 0 Å². The number of benzene rings is 2. The van der Waals surface area contributed by atoms with E-state index in [-0.39, 0.29) is 23.8 Å². The third-order valence-electron chi connectivity index (χ3n) is 5.33. The summed E-state index contributed by atoms with van der Waals surface area (Å²) in [5, 5.41) is 2.62. The summed E-state index contributed by atoms with van der Waals surface area (Å²) in [5.74, 6) is -1.40. The van der Waals surface area contributed by atoms with Crippen molar-refractivity contribution in [1.82, 2.24) is 9.29 Å². The zero-order valence-corrected chi connectivity index (χ0v) is 19.1. The van der Waals surface area contributed by atoms with Crippen molar-refractivity contribution in [2.45, 2.75) is 30.8 Å². The Morgan fingerprint density at radius 3 is 2.38 bits per heavy atom. The highest BCUT2D eigenvalue weighted by Gasteiger charge is 2.47. The zero-order chi connectivity index (χ0) is 24.3. The monoisotopic (exact) mass is 478 g/mol. The lowest BCUT2D eigenvalue weighted by molar-refractivity contribution is -0.122. The average molecular weight is 479 g/mol. The van der Waals surface area contributed by atoms with E-state index >= 15 is 0 Å². The molecule has 174 valence electrons. The van der Waals surface area contributed by atoms with Gasteiger partial charge in [0.05, 0.1) is 17.0 Å². The van der Waals surface area contributed by atoms with Crippen molar-refractivity contribution < 1.29 is 22.8 Å². The van der Waals surface area contributed by atoms with E-state index in [4.69, 9.17) is 0 Å². The first-order valence-electron chi connectivity index (χ1n) is 10.5. The number of carbonyl (C=O) groups is 3. The summed E-state index contributed by atoms with van der Waals surface area (Å²) >= 11 is 0. The summed E-state index contributed by atoms with van der Waals surface area (Å²) in [6, 6.07) is 16.1. The summed E-state index contributed by atoms with van der Waals surface area (Å²) in [7, 11) is -4.11. The molecule has 1 aliphatic rings. The maximum atomic E-state index is 13.5. The first-order valence-corrected chi connectivity index (χ1v) is 11.9. The molecule has 1 N–H and O–H groups in total. The SMILES string of the molecule is CC(=O)Nc1ccc(N2C(=O)CC(N(Cc3cccnc3)S(=O)(=O)c3ccccc3)C2=O)cc1. The van der Waals surface area contributed by atoms with Crippen LogP contribution < -0.4 is 10.2 Å². The highest BCUT2D eigenvalue weighted by atomic mass is 32.2. The highest BCUT2D eigenvalue weighted by molar-refractivity contribution is 7.89. The quantitative estimate of drug-likeness (QED) is 0.522. The van der Waals surface area contributed by atoms with Crippen LogP contribution >= 0.6 is 0 Å². The molecule has 1 aromatic heterocycles. The van der Waals surface area contributed by atoms with Gasteiger partial charge in [-0.1, -0.05) is 24.3 Å². The molecule has 0 aliphatic carbocycles. The molecule has 0 saturated carbocycles. The fourth-order valence-electron chi connectivity index (χ4n) is 3.77. The second kappa shape index (κ2) is 9.54. The molecule has 1 aliphatic heterocycles. The molecule has 0 spiro atoms.